The van der Waals surface area contributed by atoms with Crippen LogP contribution < -0.4 is 19.7 Å². The molecule has 5 rings (SSSR count). The molecule has 3 aromatic carbocycles. The Labute approximate surface area is 242 Å². The third-order valence-electron chi connectivity index (χ3n) is 8.43. The highest BCUT2D eigenvalue weighted by Crippen LogP contribution is 2.55. The van der Waals surface area contributed by atoms with E-state index in [1.165, 1.54) is 25.3 Å². The van der Waals surface area contributed by atoms with Crippen LogP contribution in [0.25, 0.3) is 0 Å². The van der Waals surface area contributed by atoms with Gasteiger partial charge in [0.25, 0.3) is 5.69 Å². The van der Waals surface area contributed by atoms with E-state index in [-0.39, 0.29) is 18.0 Å². The molecule has 2 aliphatic heterocycles. The molecule has 3 aromatic rings. The number of aliphatic carboxylic acids is 1. The Hall–Kier alpha value is -4.77. The number of carboxylic acid groups (broad SMARTS) is 1. The van der Waals surface area contributed by atoms with Crippen LogP contribution in [0.15, 0.2) is 72.8 Å². The Morgan fingerprint density at radius 2 is 1.81 bits per heavy atom. The number of carbonyl (C=O) groups is 3. The third kappa shape index (κ3) is 4.55. The van der Waals surface area contributed by atoms with Crippen molar-refractivity contribution >= 4 is 29.2 Å². The topological polar surface area (TPSA) is 148 Å². The van der Waals surface area contributed by atoms with Crippen molar-refractivity contribution in [3.05, 3.63) is 94.0 Å². The quantitative estimate of drug-likeness (QED) is 0.203. The Morgan fingerprint density at radius 1 is 1.10 bits per heavy atom. The molecule has 42 heavy (non-hydrogen) atoms. The number of anilines is 1. The number of hydrogen-bond acceptors (Lipinski definition) is 8. The number of ether oxygens (including phenoxy) is 2. The van der Waals surface area contributed by atoms with Crippen molar-refractivity contribution in [2.45, 2.75) is 38.5 Å². The average molecular weight is 574 g/mol. The molecule has 2 heterocycles. The van der Waals surface area contributed by atoms with Crippen LogP contribution in [0.2, 0.25) is 0 Å². The Morgan fingerprint density at radius 3 is 2.45 bits per heavy atom. The van der Waals surface area contributed by atoms with Gasteiger partial charge in [0.1, 0.15) is 12.1 Å². The van der Waals surface area contributed by atoms with Gasteiger partial charge in [0.2, 0.25) is 11.8 Å². The van der Waals surface area contributed by atoms with Crippen molar-refractivity contribution in [2.24, 2.45) is 17.8 Å². The molecule has 2 N–H and O–H groups in total. The number of para-hydroxylation sites is 1. The molecule has 0 radical (unpaired) electrons. The molecular weight excluding hydrogens is 542 g/mol. The Bertz CT molecular complexity index is 1540. The van der Waals surface area contributed by atoms with E-state index in [1.807, 2.05) is 37.3 Å². The molecule has 2 amide bonds. The molecule has 2 aliphatic rings. The lowest BCUT2D eigenvalue weighted by Gasteiger charge is -2.36. The first-order valence-electron chi connectivity index (χ1n) is 13.6. The number of rotatable bonds is 10. The molecule has 0 saturated carbocycles. The van der Waals surface area contributed by atoms with Crippen LogP contribution in [0.3, 0.4) is 0 Å². The number of carboxylic acids is 1. The van der Waals surface area contributed by atoms with Crippen LogP contribution in [0.5, 0.6) is 11.5 Å². The standard InChI is InChI=1S/C31H31N3O8/c1-4-18(2)31(30(37)38)25-24(28(35)33(29(25)36)20-12-8-13-21(16-20)34(39)40)26(32-31)22-14-9-15-23(41-3)27(22)42-17-19-10-6-5-7-11-19/h5-16,18,24-26,32H,4,17H2,1-3H3,(H,37,38). The Balaban J connectivity index is 1.65. The van der Waals surface area contributed by atoms with E-state index < -0.39 is 52.0 Å². The summed E-state index contributed by atoms with van der Waals surface area (Å²) in [5, 5.41) is 25.4. The number of carbonyl (C=O) groups excluding carboxylic acids is 2. The van der Waals surface area contributed by atoms with Gasteiger partial charge >= 0.3 is 5.97 Å². The molecular formula is C31H31N3O8. The second kappa shape index (κ2) is 11.2. The van der Waals surface area contributed by atoms with E-state index in [9.17, 15) is 29.6 Å². The van der Waals surface area contributed by atoms with Crippen molar-refractivity contribution in [3.63, 3.8) is 0 Å². The maximum atomic E-state index is 14.2. The second-order valence-electron chi connectivity index (χ2n) is 10.6. The number of nitrogens with zero attached hydrogens (tertiary/aromatic N) is 2. The summed E-state index contributed by atoms with van der Waals surface area (Å²) in [4.78, 5) is 53.1. The van der Waals surface area contributed by atoms with Crippen LogP contribution in [-0.2, 0) is 21.0 Å². The SMILES string of the molecule is CCC(C)C1(C(=O)O)NC(c2cccc(OC)c2OCc2ccccc2)C2C(=O)N(c3cccc([N+](=O)[O-])c3)C(=O)C21. The number of hydrogen-bond donors (Lipinski definition) is 2. The van der Waals surface area contributed by atoms with Gasteiger partial charge in [0, 0.05) is 23.7 Å². The number of nitro benzene ring substituents is 1. The molecule has 218 valence electrons. The fourth-order valence-electron chi connectivity index (χ4n) is 6.21. The van der Waals surface area contributed by atoms with Gasteiger partial charge in [-0.15, -0.1) is 0 Å². The minimum absolute atomic E-state index is 0.0157. The molecule has 11 heteroatoms. The summed E-state index contributed by atoms with van der Waals surface area (Å²) < 4.78 is 11.8. The van der Waals surface area contributed by atoms with E-state index in [1.54, 1.807) is 25.1 Å². The highest BCUT2D eigenvalue weighted by molar-refractivity contribution is 6.24. The zero-order valence-corrected chi connectivity index (χ0v) is 23.4. The largest absolute Gasteiger partial charge is 0.493 e. The third-order valence-corrected chi connectivity index (χ3v) is 8.43. The van der Waals surface area contributed by atoms with Gasteiger partial charge in [-0.3, -0.25) is 29.8 Å². The number of benzene rings is 3. The van der Waals surface area contributed by atoms with E-state index >= 15 is 0 Å². The average Bonchev–Trinajstić information content (AvgIpc) is 3.49. The van der Waals surface area contributed by atoms with E-state index in [0.717, 1.165) is 16.5 Å². The van der Waals surface area contributed by atoms with Gasteiger partial charge in [0.15, 0.2) is 11.5 Å². The molecule has 11 nitrogen and oxygen atoms in total. The molecule has 5 unspecified atom stereocenters. The number of imide groups is 1. The van der Waals surface area contributed by atoms with Crippen LogP contribution in [0.1, 0.15) is 37.4 Å². The molecule has 0 spiro atoms. The number of amides is 2. The number of nitrogens with one attached hydrogen (secondary N) is 1. The summed E-state index contributed by atoms with van der Waals surface area (Å²) >= 11 is 0. The predicted molar refractivity (Wildman–Crippen MR) is 152 cm³/mol. The van der Waals surface area contributed by atoms with Gasteiger partial charge in [0.05, 0.1) is 29.6 Å². The first-order chi connectivity index (χ1) is 20.1. The van der Waals surface area contributed by atoms with Crippen LogP contribution in [-0.4, -0.2) is 40.5 Å². The zero-order chi connectivity index (χ0) is 30.2. The van der Waals surface area contributed by atoms with Crippen LogP contribution >= 0.6 is 0 Å². The molecule has 2 saturated heterocycles. The number of methoxy groups -OCH3 is 1. The first kappa shape index (κ1) is 28.7. The highest BCUT2D eigenvalue weighted by Gasteiger charge is 2.70. The van der Waals surface area contributed by atoms with Gasteiger partial charge in [-0.25, -0.2) is 4.90 Å². The van der Waals surface area contributed by atoms with Gasteiger partial charge in [-0.05, 0) is 23.6 Å². The number of nitro groups is 1. The fraction of sp³-hybridized carbons (Fsp3) is 0.323. The summed E-state index contributed by atoms with van der Waals surface area (Å²) in [6.07, 6.45) is 0.406. The summed E-state index contributed by atoms with van der Waals surface area (Å²) in [6, 6.07) is 18.8. The maximum absolute atomic E-state index is 14.2. The minimum atomic E-state index is -1.80. The number of fused-ring (bicyclic) bond motifs is 1. The lowest BCUT2D eigenvalue weighted by Crippen LogP contribution is -2.59. The van der Waals surface area contributed by atoms with Gasteiger partial charge < -0.3 is 14.6 Å². The van der Waals surface area contributed by atoms with Crippen molar-refractivity contribution in [1.82, 2.24) is 5.32 Å². The molecule has 0 aliphatic carbocycles. The summed E-state index contributed by atoms with van der Waals surface area (Å²) in [5.74, 6) is -4.91. The monoisotopic (exact) mass is 573 g/mol. The smallest absolute Gasteiger partial charge is 0.325 e. The fourth-order valence-corrected chi connectivity index (χ4v) is 6.21. The summed E-state index contributed by atoms with van der Waals surface area (Å²) in [5.41, 5.74) is -0.729. The predicted octanol–water partition coefficient (Wildman–Crippen LogP) is 4.50. The van der Waals surface area contributed by atoms with Crippen molar-refractivity contribution in [1.29, 1.82) is 0 Å². The normalized spacial score (nSPS) is 23.9. The van der Waals surface area contributed by atoms with Crippen molar-refractivity contribution in [2.75, 3.05) is 12.0 Å². The molecule has 5 atom stereocenters. The molecule has 0 aromatic heterocycles. The van der Waals surface area contributed by atoms with Crippen LogP contribution in [0, 0.1) is 27.9 Å². The summed E-state index contributed by atoms with van der Waals surface area (Å²) in [6.45, 7) is 3.72. The lowest BCUT2D eigenvalue weighted by molar-refractivity contribution is -0.384. The van der Waals surface area contributed by atoms with Crippen molar-refractivity contribution < 1.29 is 33.9 Å². The van der Waals surface area contributed by atoms with E-state index in [2.05, 4.69) is 5.32 Å². The highest BCUT2D eigenvalue weighted by atomic mass is 16.6. The van der Waals surface area contributed by atoms with Crippen LogP contribution in [0.4, 0.5) is 11.4 Å². The van der Waals surface area contributed by atoms with E-state index in [4.69, 9.17) is 9.47 Å². The molecule has 0 bridgehead atoms. The van der Waals surface area contributed by atoms with Crippen molar-refractivity contribution in [3.8, 4) is 11.5 Å². The molecule has 2 fully saturated rings. The lowest BCUT2D eigenvalue weighted by atomic mass is 9.72. The first-order valence-corrected chi connectivity index (χ1v) is 13.6. The van der Waals surface area contributed by atoms with Gasteiger partial charge in [-0.2, -0.15) is 0 Å². The van der Waals surface area contributed by atoms with E-state index in [0.29, 0.717) is 23.5 Å². The zero-order valence-electron chi connectivity index (χ0n) is 23.4. The number of non-ortho nitro benzene ring substituents is 1. The van der Waals surface area contributed by atoms with Gasteiger partial charge in [-0.1, -0.05) is 68.8 Å². The second-order valence-corrected chi connectivity index (χ2v) is 10.6. The Kier molecular flexibility index (Phi) is 7.70. The maximum Gasteiger partial charge on any atom is 0.325 e. The minimum Gasteiger partial charge on any atom is -0.493 e. The summed E-state index contributed by atoms with van der Waals surface area (Å²) in [7, 11) is 1.48.